The van der Waals surface area contributed by atoms with Crippen molar-refractivity contribution in [2.24, 2.45) is 0 Å². The quantitative estimate of drug-likeness (QED) is 0.815. The molecule has 0 saturated carbocycles. The molecule has 1 aliphatic rings. The van der Waals surface area contributed by atoms with Gasteiger partial charge in [0.2, 0.25) is 5.91 Å². The summed E-state index contributed by atoms with van der Waals surface area (Å²) in [6, 6.07) is 1.99. The second kappa shape index (κ2) is 4.72. The van der Waals surface area contributed by atoms with Gasteiger partial charge in [-0.15, -0.1) is 6.58 Å². The van der Waals surface area contributed by atoms with Gasteiger partial charge in [0, 0.05) is 5.56 Å². The zero-order valence-corrected chi connectivity index (χ0v) is 11.8. The molecule has 0 atom stereocenters. The van der Waals surface area contributed by atoms with Gasteiger partial charge in [-0.3, -0.25) is 4.79 Å². The van der Waals surface area contributed by atoms with E-state index in [-0.39, 0.29) is 11.7 Å². The van der Waals surface area contributed by atoms with Crippen molar-refractivity contribution in [2.45, 2.75) is 45.4 Å². The summed E-state index contributed by atoms with van der Waals surface area (Å²) in [4.78, 5) is 12.1. The Balaban J connectivity index is 2.69. The van der Waals surface area contributed by atoms with Crippen LogP contribution in [0.3, 0.4) is 0 Å². The second-order valence-electron chi connectivity index (χ2n) is 5.62. The number of phenolic OH excluding ortho intramolecular Hbond substituents is 1. The lowest BCUT2D eigenvalue weighted by Crippen LogP contribution is -2.27. The maximum absolute atomic E-state index is 12.1. The Hall–Kier alpha value is -1.77. The topological polar surface area (TPSA) is 49.3 Å². The maximum atomic E-state index is 12.1. The third kappa shape index (κ3) is 2.03. The van der Waals surface area contributed by atoms with E-state index in [1.807, 2.05) is 19.9 Å². The van der Waals surface area contributed by atoms with E-state index in [2.05, 4.69) is 18.8 Å². The zero-order valence-electron chi connectivity index (χ0n) is 11.8. The fourth-order valence-electron chi connectivity index (χ4n) is 2.70. The predicted molar refractivity (Wildman–Crippen MR) is 77.7 cm³/mol. The molecule has 3 nitrogen and oxygen atoms in total. The first-order valence-electron chi connectivity index (χ1n) is 6.74. The molecule has 1 amide bonds. The summed E-state index contributed by atoms with van der Waals surface area (Å²) in [5.41, 5.74) is 2.81. The number of hydrogen-bond acceptors (Lipinski definition) is 2. The highest BCUT2D eigenvalue weighted by atomic mass is 16.3. The number of hydrogen-bond donors (Lipinski definition) is 2. The molecular formula is C16H21NO2. The molecule has 102 valence electrons. The van der Waals surface area contributed by atoms with Crippen LogP contribution in [0.2, 0.25) is 0 Å². The van der Waals surface area contributed by atoms with Crippen molar-refractivity contribution in [3.05, 3.63) is 35.4 Å². The molecule has 0 fully saturated rings. The number of rotatable bonds is 4. The summed E-state index contributed by atoms with van der Waals surface area (Å²) in [5.74, 6) is 0.184. The first kappa shape index (κ1) is 13.7. The number of phenols is 1. The fourth-order valence-corrected chi connectivity index (χ4v) is 2.70. The molecule has 1 heterocycles. The van der Waals surface area contributed by atoms with Crippen LogP contribution in [-0.2, 0) is 23.1 Å². The number of nitrogens with one attached hydrogen (secondary N) is 1. The Bertz CT molecular complexity index is 544. The molecule has 0 aliphatic carbocycles. The SMILES string of the molecule is C=CCc1cc(CCC)c2c(c1O)C(C)(C)C(=O)N2. The number of fused-ring (bicyclic) bond motifs is 1. The summed E-state index contributed by atoms with van der Waals surface area (Å²) >= 11 is 0. The van der Waals surface area contributed by atoms with Crippen LogP contribution >= 0.6 is 0 Å². The highest BCUT2D eigenvalue weighted by molar-refractivity contribution is 6.07. The lowest BCUT2D eigenvalue weighted by Gasteiger charge is -2.19. The van der Waals surface area contributed by atoms with Gasteiger partial charge in [0.25, 0.3) is 0 Å². The van der Waals surface area contributed by atoms with Crippen molar-refractivity contribution in [3.8, 4) is 5.75 Å². The molecule has 0 aromatic heterocycles. The van der Waals surface area contributed by atoms with Gasteiger partial charge in [-0.25, -0.2) is 0 Å². The number of amides is 1. The number of anilines is 1. The second-order valence-corrected chi connectivity index (χ2v) is 5.62. The monoisotopic (exact) mass is 259 g/mol. The largest absolute Gasteiger partial charge is 0.507 e. The van der Waals surface area contributed by atoms with Gasteiger partial charge >= 0.3 is 0 Å². The van der Waals surface area contributed by atoms with Crippen molar-refractivity contribution in [1.82, 2.24) is 0 Å². The highest BCUT2D eigenvalue weighted by Crippen LogP contribution is 2.46. The minimum absolute atomic E-state index is 0.0501. The minimum atomic E-state index is -0.681. The van der Waals surface area contributed by atoms with Gasteiger partial charge in [0.1, 0.15) is 5.75 Å². The van der Waals surface area contributed by atoms with E-state index in [0.717, 1.165) is 35.2 Å². The Morgan fingerprint density at radius 3 is 2.68 bits per heavy atom. The van der Waals surface area contributed by atoms with Crippen LogP contribution in [0.15, 0.2) is 18.7 Å². The molecule has 1 aliphatic heterocycles. The number of carbonyl (C=O) groups excluding carboxylic acids is 1. The van der Waals surface area contributed by atoms with E-state index >= 15 is 0 Å². The summed E-state index contributed by atoms with van der Waals surface area (Å²) in [5, 5.41) is 13.4. The molecule has 0 saturated heterocycles. The molecule has 0 bridgehead atoms. The van der Waals surface area contributed by atoms with E-state index < -0.39 is 5.41 Å². The molecular weight excluding hydrogens is 238 g/mol. The van der Waals surface area contributed by atoms with E-state index in [1.54, 1.807) is 6.08 Å². The van der Waals surface area contributed by atoms with E-state index in [1.165, 1.54) is 0 Å². The average molecular weight is 259 g/mol. The Kier molecular flexibility index (Phi) is 3.40. The van der Waals surface area contributed by atoms with Crippen molar-refractivity contribution >= 4 is 11.6 Å². The molecule has 1 aromatic carbocycles. The van der Waals surface area contributed by atoms with Gasteiger partial charge < -0.3 is 10.4 Å². The minimum Gasteiger partial charge on any atom is -0.507 e. The smallest absolute Gasteiger partial charge is 0.234 e. The lowest BCUT2D eigenvalue weighted by atomic mass is 9.82. The van der Waals surface area contributed by atoms with Crippen LogP contribution in [0.1, 0.15) is 43.9 Å². The summed E-state index contributed by atoms with van der Waals surface area (Å²) in [6.07, 6.45) is 4.28. The van der Waals surface area contributed by atoms with E-state index in [0.29, 0.717) is 6.42 Å². The van der Waals surface area contributed by atoms with Crippen molar-refractivity contribution < 1.29 is 9.90 Å². The molecule has 19 heavy (non-hydrogen) atoms. The van der Waals surface area contributed by atoms with Crippen molar-refractivity contribution in [3.63, 3.8) is 0 Å². The van der Waals surface area contributed by atoms with Crippen LogP contribution in [0.25, 0.3) is 0 Å². The predicted octanol–water partition coefficient (Wildman–Crippen LogP) is 3.30. The van der Waals surface area contributed by atoms with Crippen molar-refractivity contribution in [2.75, 3.05) is 5.32 Å². The molecule has 0 unspecified atom stereocenters. The first-order chi connectivity index (χ1) is 8.93. The van der Waals surface area contributed by atoms with Gasteiger partial charge in [-0.1, -0.05) is 19.4 Å². The summed E-state index contributed by atoms with van der Waals surface area (Å²) < 4.78 is 0. The zero-order chi connectivity index (χ0) is 14.2. The molecule has 3 heteroatoms. The number of benzene rings is 1. The number of carbonyl (C=O) groups is 1. The van der Waals surface area contributed by atoms with Crippen LogP contribution in [-0.4, -0.2) is 11.0 Å². The molecule has 2 rings (SSSR count). The molecule has 2 N–H and O–H groups in total. The normalized spacial score (nSPS) is 16.1. The first-order valence-corrected chi connectivity index (χ1v) is 6.74. The van der Waals surface area contributed by atoms with Gasteiger partial charge in [0.15, 0.2) is 0 Å². The molecule has 0 radical (unpaired) electrons. The Labute approximate surface area is 114 Å². The third-order valence-electron chi connectivity index (χ3n) is 3.78. The summed E-state index contributed by atoms with van der Waals surface area (Å²) in [6.45, 7) is 9.53. The highest BCUT2D eigenvalue weighted by Gasteiger charge is 2.42. The fraction of sp³-hybridized carbons (Fsp3) is 0.438. The number of allylic oxidation sites excluding steroid dienone is 1. The van der Waals surface area contributed by atoms with Gasteiger partial charge in [-0.2, -0.15) is 0 Å². The Morgan fingerprint density at radius 1 is 1.42 bits per heavy atom. The van der Waals surface area contributed by atoms with Crippen LogP contribution in [0.5, 0.6) is 5.75 Å². The van der Waals surface area contributed by atoms with E-state index in [9.17, 15) is 9.90 Å². The van der Waals surface area contributed by atoms with E-state index in [4.69, 9.17) is 0 Å². The van der Waals surface area contributed by atoms with Gasteiger partial charge in [0.05, 0.1) is 11.1 Å². The molecule has 0 spiro atoms. The molecule has 1 aromatic rings. The van der Waals surface area contributed by atoms with Gasteiger partial charge in [-0.05, 0) is 43.9 Å². The van der Waals surface area contributed by atoms with Crippen LogP contribution in [0, 0.1) is 0 Å². The summed E-state index contributed by atoms with van der Waals surface area (Å²) in [7, 11) is 0. The average Bonchev–Trinajstić information content (AvgIpc) is 2.58. The number of aryl methyl sites for hydroxylation is 1. The van der Waals surface area contributed by atoms with Crippen LogP contribution < -0.4 is 5.32 Å². The number of aromatic hydroxyl groups is 1. The van der Waals surface area contributed by atoms with Crippen molar-refractivity contribution in [1.29, 1.82) is 0 Å². The van der Waals surface area contributed by atoms with Crippen LogP contribution in [0.4, 0.5) is 5.69 Å². The lowest BCUT2D eigenvalue weighted by molar-refractivity contribution is -0.119. The Morgan fingerprint density at radius 2 is 2.11 bits per heavy atom. The third-order valence-corrected chi connectivity index (χ3v) is 3.78. The standard InChI is InChI=1S/C16H21NO2/c1-5-7-10-9-11(8-6-2)14(18)12-13(10)17-15(19)16(12,3)4/h6,9,18H,2,5,7-8H2,1,3-4H3,(H,17,19). The maximum Gasteiger partial charge on any atom is 0.234 e.